The second kappa shape index (κ2) is 15.6. The molecular weight excluding hydrogens is 890 g/mol. The van der Waals surface area contributed by atoms with E-state index in [4.69, 9.17) is 26.7 Å². The first-order chi connectivity index (χ1) is 28.9. The van der Waals surface area contributed by atoms with Gasteiger partial charge < -0.3 is 24.7 Å². The van der Waals surface area contributed by atoms with Crippen molar-refractivity contribution in [2.24, 2.45) is 0 Å². The molecule has 306 valence electrons. The second-order valence-corrected chi connectivity index (χ2v) is 17.7. The molecule has 0 aliphatic carbocycles. The van der Waals surface area contributed by atoms with Gasteiger partial charge in [-0.2, -0.15) is 10.1 Å². The summed E-state index contributed by atoms with van der Waals surface area (Å²) >= 11 is 9.62. The molecule has 0 bridgehead atoms. The maximum atomic E-state index is 18.0. The second-order valence-electron chi connectivity index (χ2n) is 16.3. The Morgan fingerprint density at radius 2 is 1.42 bits per heavy atom. The lowest BCUT2D eigenvalue weighted by Gasteiger charge is -2.45. The van der Waals surface area contributed by atoms with Crippen molar-refractivity contribution in [3.63, 3.8) is 0 Å². The van der Waals surface area contributed by atoms with Gasteiger partial charge in [-0.15, -0.1) is 0 Å². The van der Waals surface area contributed by atoms with Crippen LogP contribution >= 0.6 is 34.2 Å². The number of likely N-dealkylation sites (N-methyl/N-ethyl adjacent to an activating group) is 1. The van der Waals surface area contributed by atoms with Crippen LogP contribution in [-0.2, 0) is 5.54 Å². The Kier molecular flexibility index (Phi) is 10.4. The fourth-order valence-electron chi connectivity index (χ4n) is 9.15. The maximum Gasteiger partial charge on any atom is 0.407 e. The van der Waals surface area contributed by atoms with Crippen LogP contribution in [0.2, 0.25) is 5.02 Å². The molecule has 1 N–H and O–H groups in total. The highest BCUT2D eigenvalue weighted by Gasteiger charge is 2.42. The Labute approximate surface area is 367 Å². The van der Waals surface area contributed by atoms with E-state index in [1.807, 2.05) is 95.5 Å². The third-order valence-corrected chi connectivity index (χ3v) is 13.4. The minimum absolute atomic E-state index is 0.161. The molecule has 60 heavy (non-hydrogen) atoms. The molecule has 2 aliphatic rings. The Balaban J connectivity index is 1.29. The van der Waals surface area contributed by atoms with Crippen molar-refractivity contribution < 1.29 is 14.3 Å². The zero-order chi connectivity index (χ0) is 42.0. The number of halogens is 3. The summed E-state index contributed by atoms with van der Waals surface area (Å²) in [5, 5.41) is 16.8. The van der Waals surface area contributed by atoms with Crippen molar-refractivity contribution in [3.8, 4) is 11.1 Å². The number of fused-ring (bicyclic) bond motifs is 2. The van der Waals surface area contributed by atoms with Gasteiger partial charge in [0.15, 0.2) is 5.82 Å². The number of anilines is 2. The summed E-state index contributed by atoms with van der Waals surface area (Å²) in [4.78, 5) is 29.9. The van der Waals surface area contributed by atoms with Gasteiger partial charge in [-0.1, -0.05) is 109 Å². The highest BCUT2D eigenvalue weighted by Crippen LogP contribution is 2.48. The van der Waals surface area contributed by atoms with Crippen molar-refractivity contribution in [1.29, 1.82) is 0 Å². The van der Waals surface area contributed by atoms with E-state index in [1.165, 1.54) is 4.90 Å². The highest BCUT2D eigenvalue weighted by atomic mass is 127. The van der Waals surface area contributed by atoms with Crippen LogP contribution in [0.5, 0.6) is 0 Å². The van der Waals surface area contributed by atoms with E-state index in [0.717, 1.165) is 33.2 Å². The Morgan fingerprint density at radius 3 is 1.97 bits per heavy atom. The number of hydrogen-bond acceptors (Lipinski definition) is 7. The number of hydrogen-bond donors (Lipinski definition) is 1. The van der Waals surface area contributed by atoms with E-state index in [9.17, 15) is 9.90 Å². The lowest BCUT2D eigenvalue weighted by molar-refractivity contribution is 0.114. The summed E-state index contributed by atoms with van der Waals surface area (Å²) in [5.74, 6) is 0.422. The van der Waals surface area contributed by atoms with Crippen molar-refractivity contribution in [2.45, 2.75) is 44.4 Å². The van der Waals surface area contributed by atoms with Gasteiger partial charge in [0.1, 0.15) is 20.6 Å². The van der Waals surface area contributed by atoms with E-state index < -0.39 is 17.4 Å². The highest BCUT2D eigenvalue weighted by molar-refractivity contribution is 14.1. The van der Waals surface area contributed by atoms with E-state index in [-0.39, 0.29) is 34.7 Å². The quantitative estimate of drug-likeness (QED) is 0.119. The van der Waals surface area contributed by atoms with E-state index in [2.05, 4.69) is 84.4 Å². The molecular formula is C47H45ClFIN8O2. The van der Waals surface area contributed by atoms with Crippen LogP contribution in [0.4, 0.5) is 21.0 Å². The van der Waals surface area contributed by atoms with E-state index in [1.54, 1.807) is 6.07 Å². The molecule has 2 aromatic heterocycles. The number of amides is 1. The molecule has 10 nitrogen and oxygen atoms in total. The number of aryl methyl sites for hydroxylation is 1. The lowest BCUT2D eigenvalue weighted by Crippen LogP contribution is -2.59. The van der Waals surface area contributed by atoms with Gasteiger partial charge in [0.25, 0.3) is 0 Å². The summed E-state index contributed by atoms with van der Waals surface area (Å²) in [6.45, 7) is 7.87. The molecule has 2 saturated heterocycles. The van der Waals surface area contributed by atoms with Gasteiger partial charge in [0.2, 0.25) is 5.95 Å². The number of benzene rings is 5. The van der Waals surface area contributed by atoms with Crippen LogP contribution in [0.3, 0.4) is 0 Å². The first-order valence-corrected chi connectivity index (χ1v) is 21.6. The van der Waals surface area contributed by atoms with E-state index in [0.29, 0.717) is 52.1 Å². The van der Waals surface area contributed by atoms with Gasteiger partial charge in [0, 0.05) is 66.2 Å². The van der Waals surface area contributed by atoms with Crippen LogP contribution in [0, 0.1) is 16.4 Å². The molecule has 2 fully saturated rings. The third kappa shape index (κ3) is 6.45. The van der Waals surface area contributed by atoms with Crippen molar-refractivity contribution >= 4 is 73.9 Å². The van der Waals surface area contributed by atoms with Crippen molar-refractivity contribution in [2.75, 3.05) is 50.1 Å². The molecule has 0 radical (unpaired) electrons. The lowest BCUT2D eigenvalue weighted by atomic mass is 9.77. The number of nitrogens with zero attached hydrogens (tertiary/aromatic N) is 8. The predicted octanol–water partition coefficient (Wildman–Crippen LogP) is 9.52. The number of piperazine rings is 1. The molecule has 2 aliphatic heterocycles. The van der Waals surface area contributed by atoms with Crippen molar-refractivity contribution in [1.82, 2.24) is 29.5 Å². The molecule has 0 saturated carbocycles. The Morgan fingerprint density at radius 1 is 0.833 bits per heavy atom. The standard InChI is InChI=1S/C47H45ClFIN8O2/c1-28-21-22-37-40(43(50)53-58(37)47(31-15-9-6-10-16-31,32-17-11-7-12-18-32)33-19-13-8-14-20-33)38(28)39-36(48)23-35-42(41(39)49)51-45(55-26-34(27-55)54(4)5)52-44(35)56-24-30(3)57(46(59)60)25-29(56)2/h6-23,29-30,34H,24-27H2,1-5H3,(H,59,60)/t29-,30+/m0/s1. The van der Waals surface area contributed by atoms with Crippen molar-refractivity contribution in [3.05, 3.63) is 146 Å². The summed E-state index contributed by atoms with van der Waals surface area (Å²) in [5.41, 5.74) is 4.86. The van der Waals surface area contributed by atoms with Crippen LogP contribution in [0.25, 0.3) is 32.9 Å². The number of rotatable bonds is 8. The largest absolute Gasteiger partial charge is 0.465 e. The third-order valence-electron chi connectivity index (χ3n) is 12.4. The number of carbonyl (C=O) groups is 1. The number of aromatic nitrogens is 4. The average molecular weight is 935 g/mol. The fourth-order valence-corrected chi connectivity index (χ4v) is 10.2. The Bertz CT molecular complexity index is 2650. The molecule has 5 aromatic carbocycles. The summed E-state index contributed by atoms with van der Waals surface area (Å²) < 4.78 is 20.8. The summed E-state index contributed by atoms with van der Waals surface area (Å²) in [7, 11) is 4.09. The molecule has 1 amide bonds. The van der Waals surface area contributed by atoms with Gasteiger partial charge in [-0.3, -0.25) is 0 Å². The van der Waals surface area contributed by atoms with Gasteiger partial charge in [-0.05, 0) is 91.8 Å². The first-order valence-electron chi connectivity index (χ1n) is 20.1. The van der Waals surface area contributed by atoms with Gasteiger partial charge in [-0.25, -0.2) is 18.9 Å². The fraction of sp³-hybridized carbons (Fsp3) is 0.277. The van der Waals surface area contributed by atoms with Crippen LogP contribution in [0.1, 0.15) is 36.1 Å². The summed E-state index contributed by atoms with van der Waals surface area (Å²) in [6, 6.07) is 36.7. The van der Waals surface area contributed by atoms with Crippen LogP contribution < -0.4 is 9.80 Å². The summed E-state index contributed by atoms with van der Waals surface area (Å²) in [6.07, 6.45) is -0.965. The molecule has 2 atom stereocenters. The average Bonchev–Trinajstić information content (AvgIpc) is 3.56. The number of carboxylic acid groups (broad SMARTS) is 1. The normalized spacial score (nSPS) is 17.5. The molecule has 4 heterocycles. The maximum absolute atomic E-state index is 18.0. The molecule has 7 aromatic rings. The molecule has 13 heteroatoms. The zero-order valence-corrected chi connectivity index (χ0v) is 36.9. The van der Waals surface area contributed by atoms with Crippen LogP contribution in [0.15, 0.2) is 109 Å². The van der Waals surface area contributed by atoms with Crippen LogP contribution in [-0.4, -0.2) is 99.1 Å². The molecule has 0 unspecified atom stereocenters. The monoisotopic (exact) mass is 934 g/mol. The minimum Gasteiger partial charge on any atom is -0.465 e. The van der Waals surface area contributed by atoms with E-state index >= 15 is 4.39 Å². The predicted molar refractivity (Wildman–Crippen MR) is 246 cm³/mol. The SMILES string of the molecule is Cc1ccc2c(c(I)nn2C(c2ccccc2)(c2ccccc2)c2ccccc2)c1-c1c(Cl)cc2c(N3C[C@@H](C)N(C(=O)O)C[C@@H]3C)nc(N3CC(N(C)C)C3)nc2c1F. The Hall–Kier alpha value is -5.31. The molecule has 9 rings (SSSR count). The topological polar surface area (TPSA) is 93.9 Å². The van der Waals surface area contributed by atoms with Gasteiger partial charge in [0.05, 0.1) is 10.5 Å². The smallest absolute Gasteiger partial charge is 0.407 e. The van der Waals surface area contributed by atoms with Gasteiger partial charge >= 0.3 is 6.09 Å². The first kappa shape index (κ1) is 40.1. The minimum atomic E-state index is -0.965. The molecule has 0 spiro atoms. The zero-order valence-electron chi connectivity index (χ0n) is 34.0.